The van der Waals surface area contributed by atoms with Gasteiger partial charge >= 0.3 is 0 Å². The summed E-state index contributed by atoms with van der Waals surface area (Å²) in [6.45, 7) is 7.95. The number of carbonyl (C=O) groups excluding carboxylic acids is 1. The number of nitrogens with zero attached hydrogens (tertiary/aromatic N) is 2. The minimum absolute atomic E-state index is 0.298. The predicted octanol–water partition coefficient (Wildman–Crippen LogP) is 4.19. The first kappa shape index (κ1) is 19.9. The van der Waals surface area contributed by atoms with Crippen LogP contribution in [0.25, 0.3) is 11.0 Å². The van der Waals surface area contributed by atoms with Crippen molar-refractivity contribution in [2.24, 2.45) is 5.73 Å². The summed E-state index contributed by atoms with van der Waals surface area (Å²) in [4.78, 5) is 16.5. The van der Waals surface area contributed by atoms with E-state index in [2.05, 4.69) is 29.9 Å². The van der Waals surface area contributed by atoms with Crippen LogP contribution in [0.5, 0.6) is 0 Å². The number of rotatable bonds is 8. The van der Waals surface area contributed by atoms with Gasteiger partial charge in [0.05, 0.1) is 0 Å². The maximum Gasteiger partial charge on any atom is 0.265 e. The third kappa shape index (κ3) is 5.10. The fraction of sp³-hybridized carbons (Fsp3) is 0.600. The summed E-state index contributed by atoms with van der Waals surface area (Å²) in [6, 6.07) is 5.40. The Balaban J connectivity index is 1.82. The number of nitrogens with one attached hydrogen (secondary N) is 1. The van der Waals surface area contributed by atoms with E-state index < -0.39 is 14.0 Å². The van der Waals surface area contributed by atoms with Crippen LogP contribution in [0.1, 0.15) is 42.6 Å². The van der Waals surface area contributed by atoms with Crippen molar-refractivity contribution in [1.29, 1.82) is 0 Å². The Morgan fingerprint density at radius 1 is 1.33 bits per heavy atom. The maximum absolute atomic E-state index is 12.0. The van der Waals surface area contributed by atoms with Crippen molar-refractivity contribution in [1.82, 2.24) is 9.55 Å². The van der Waals surface area contributed by atoms with E-state index in [1.165, 1.54) is 32.1 Å². The Morgan fingerprint density at radius 2 is 2.07 bits per heavy atom. The van der Waals surface area contributed by atoms with Gasteiger partial charge in [0.2, 0.25) is 0 Å². The number of hydrogen-bond acceptors (Lipinski definition) is 4. The monoisotopic (exact) mass is 388 g/mol. The fourth-order valence-electron chi connectivity index (χ4n) is 3.61. The molecule has 1 saturated carbocycles. The van der Waals surface area contributed by atoms with Crippen LogP contribution in [0.15, 0.2) is 18.3 Å². The van der Waals surface area contributed by atoms with Gasteiger partial charge in [-0.25, -0.2) is 4.98 Å². The van der Waals surface area contributed by atoms with E-state index in [0.717, 1.165) is 22.8 Å². The van der Waals surface area contributed by atoms with E-state index in [0.29, 0.717) is 25.1 Å². The first-order chi connectivity index (χ1) is 12.8. The molecule has 148 valence electrons. The molecule has 2 heterocycles. The molecule has 1 amide bonds. The van der Waals surface area contributed by atoms with Gasteiger partial charge in [0.25, 0.3) is 5.91 Å². The Hall–Kier alpha value is -1.86. The molecule has 3 N–H and O–H groups in total. The van der Waals surface area contributed by atoms with E-state index >= 15 is 0 Å². The summed E-state index contributed by atoms with van der Waals surface area (Å²) in [7, 11) is -1.15. The van der Waals surface area contributed by atoms with Crippen LogP contribution in [0.4, 0.5) is 5.69 Å². The summed E-state index contributed by atoms with van der Waals surface area (Å²) in [5.41, 5.74) is 7.85. The lowest BCUT2D eigenvalue weighted by molar-refractivity contribution is 0.0828. The zero-order chi connectivity index (χ0) is 19.4. The van der Waals surface area contributed by atoms with Gasteiger partial charge in [-0.2, -0.15) is 0 Å². The maximum atomic E-state index is 12.0. The van der Waals surface area contributed by atoms with Crippen LogP contribution >= 0.6 is 0 Å². The van der Waals surface area contributed by atoms with Crippen LogP contribution in [0.2, 0.25) is 25.7 Å². The van der Waals surface area contributed by atoms with Gasteiger partial charge in [-0.05, 0) is 31.0 Å². The number of carbonyl (C=O) groups is 1. The van der Waals surface area contributed by atoms with Crippen molar-refractivity contribution < 1.29 is 9.53 Å². The Kier molecular flexibility index (Phi) is 6.21. The highest BCUT2D eigenvalue weighted by Gasteiger charge is 2.19. The summed E-state index contributed by atoms with van der Waals surface area (Å²) < 4.78 is 7.67. The SMILES string of the molecule is C[Si](C)(C)CCOCn1c(C(N)=O)cc2c(NC3CCCCC3)ccnc21. The van der Waals surface area contributed by atoms with Crippen molar-refractivity contribution in [2.75, 3.05) is 11.9 Å². The van der Waals surface area contributed by atoms with Crippen LogP contribution in [0.3, 0.4) is 0 Å². The molecule has 0 aliphatic heterocycles. The number of pyridine rings is 1. The normalized spacial score (nSPS) is 16.0. The van der Waals surface area contributed by atoms with Crippen molar-refractivity contribution >= 4 is 30.7 Å². The highest BCUT2D eigenvalue weighted by atomic mass is 28.3. The van der Waals surface area contributed by atoms with E-state index in [1.807, 2.05) is 12.1 Å². The largest absolute Gasteiger partial charge is 0.382 e. The van der Waals surface area contributed by atoms with Crippen molar-refractivity contribution in [2.45, 2.75) is 70.6 Å². The summed E-state index contributed by atoms with van der Waals surface area (Å²) in [6.07, 6.45) is 8.02. The second kappa shape index (κ2) is 8.44. The number of ether oxygens (including phenoxy) is 1. The average molecular weight is 389 g/mol. The summed E-state index contributed by atoms with van der Waals surface area (Å²) in [5.74, 6) is -0.453. The molecule has 2 aromatic rings. The second-order valence-electron chi connectivity index (χ2n) is 8.74. The van der Waals surface area contributed by atoms with Gasteiger partial charge in [-0.1, -0.05) is 38.9 Å². The molecule has 0 saturated heterocycles. The topological polar surface area (TPSA) is 82.2 Å². The smallest absolute Gasteiger partial charge is 0.265 e. The van der Waals surface area contributed by atoms with Gasteiger partial charge in [0.1, 0.15) is 18.1 Å². The number of aromatic nitrogens is 2. The molecule has 0 unspecified atom stereocenters. The molecule has 27 heavy (non-hydrogen) atoms. The summed E-state index contributed by atoms with van der Waals surface area (Å²) >= 11 is 0. The van der Waals surface area contributed by atoms with E-state index in [1.54, 1.807) is 10.8 Å². The molecule has 1 aliphatic rings. The first-order valence-electron chi connectivity index (χ1n) is 9.97. The third-order valence-electron chi connectivity index (χ3n) is 5.23. The molecule has 3 rings (SSSR count). The number of amides is 1. The number of primary amides is 1. The molecule has 0 bridgehead atoms. The van der Waals surface area contributed by atoms with Gasteiger partial charge in [0, 0.05) is 38.0 Å². The zero-order valence-electron chi connectivity index (χ0n) is 16.8. The lowest BCUT2D eigenvalue weighted by Crippen LogP contribution is -2.23. The molecule has 0 aromatic carbocycles. The molecule has 1 aliphatic carbocycles. The van der Waals surface area contributed by atoms with Crippen molar-refractivity contribution in [3.05, 3.63) is 24.0 Å². The Bertz CT molecular complexity index is 791. The van der Waals surface area contributed by atoms with Crippen LogP contribution in [0, 0.1) is 0 Å². The molecular weight excluding hydrogens is 356 g/mol. The standard InChI is InChI=1S/C20H32N4O2Si/c1-27(2,3)12-11-26-14-24-18(19(21)25)13-16-17(9-10-22-20(16)24)23-15-7-5-4-6-8-15/h9-10,13,15H,4-8,11-12,14H2,1-3H3,(H2,21,25)(H,22,23). The highest BCUT2D eigenvalue weighted by molar-refractivity contribution is 6.76. The number of nitrogens with two attached hydrogens (primary N) is 1. The van der Waals surface area contributed by atoms with Crippen molar-refractivity contribution in [3.63, 3.8) is 0 Å². The predicted molar refractivity (Wildman–Crippen MR) is 113 cm³/mol. The van der Waals surface area contributed by atoms with Crippen LogP contribution in [-0.4, -0.2) is 36.2 Å². The fourth-order valence-corrected chi connectivity index (χ4v) is 4.37. The zero-order valence-corrected chi connectivity index (χ0v) is 17.8. The molecule has 7 heteroatoms. The number of hydrogen-bond donors (Lipinski definition) is 2. The van der Waals surface area contributed by atoms with Crippen LogP contribution in [-0.2, 0) is 11.5 Å². The first-order valence-corrected chi connectivity index (χ1v) is 13.7. The lowest BCUT2D eigenvalue weighted by atomic mass is 9.95. The van der Waals surface area contributed by atoms with Gasteiger partial charge in [-0.15, -0.1) is 0 Å². The molecule has 1 fully saturated rings. The molecule has 0 atom stereocenters. The second-order valence-corrected chi connectivity index (χ2v) is 14.4. The molecule has 2 aromatic heterocycles. The molecule has 6 nitrogen and oxygen atoms in total. The minimum atomic E-state index is -1.15. The molecular formula is C20H32N4O2Si. The Labute approximate surface area is 162 Å². The highest BCUT2D eigenvalue weighted by Crippen LogP contribution is 2.29. The van der Waals surface area contributed by atoms with Gasteiger partial charge in [0.15, 0.2) is 0 Å². The quantitative estimate of drug-likeness (QED) is 0.525. The lowest BCUT2D eigenvalue weighted by Gasteiger charge is -2.24. The molecule has 0 spiro atoms. The Morgan fingerprint density at radius 3 is 2.74 bits per heavy atom. The third-order valence-corrected chi connectivity index (χ3v) is 6.93. The van der Waals surface area contributed by atoms with E-state index in [-0.39, 0.29) is 0 Å². The van der Waals surface area contributed by atoms with E-state index in [4.69, 9.17) is 10.5 Å². The van der Waals surface area contributed by atoms with Gasteiger partial charge < -0.3 is 15.8 Å². The van der Waals surface area contributed by atoms with Crippen molar-refractivity contribution in [3.8, 4) is 0 Å². The van der Waals surface area contributed by atoms with Gasteiger partial charge in [-0.3, -0.25) is 9.36 Å². The number of anilines is 1. The number of fused-ring (bicyclic) bond motifs is 1. The minimum Gasteiger partial charge on any atom is -0.382 e. The average Bonchev–Trinajstić information content (AvgIpc) is 2.99. The molecule has 0 radical (unpaired) electrons. The summed E-state index contributed by atoms with van der Waals surface area (Å²) in [5, 5.41) is 4.59. The van der Waals surface area contributed by atoms with E-state index in [9.17, 15) is 4.79 Å². The van der Waals surface area contributed by atoms with Crippen LogP contribution < -0.4 is 11.1 Å².